The van der Waals surface area contributed by atoms with E-state index in [1.807, 2.05) is 0 Å². The van der Waals surface area contributed by atoms with Gasteiger partial charge < -0.3 is 16.4 Å². The van der Waals surface area contributed by atoms with Gasteiger partial charge in [-0.25, -0.2) is 0 Å². The third kappa shape index (κ3) is 4.39. The zero-order chi connectivity index (χ0) is 21.6. The summed E-state index contributed by atoms with van der Waals surface area (Å²) >= 11 is 0. The second-order valence-electron chi connectivity index (χ2n) is 7.03. The number of benzene rings is 1. The average Bonchev–Trinajstić information content (AvgIpc) is 2.64. The zero-order valence-electron chi connectivity index (χ0n) is 14.9. The first-order chi connectivity index (χ1) is 13.4. The second-order valence-corrected chi connectivity index (χ2v) is 7.03. The van der Waals surface area contributed by atoms with E-state index < -0.39 is 40.0 Å². The standard InChI is InChI=1S/C18H17F6N3O2/c19-17(20,21)8-5-9(18(22,23)24)7-10(6-8)26-13-14(16(29)15(13)28)27-12-4-2-1-3-11(12)25/h5-7,11-12,26-27H,1-4,25H2/t11-,12-/m1/s1. The molecule has 1 aliphatic carbocycles. The molecule has 0 spiro atoms. The molecule has 11 heteroatoms. The van der Waals surface area contributed by atoms with Gasteiger partial charge in [0.1, 0.15) is 11.4 Å². The van der Waals surface area contributed by atoms with Gasteiger partial charge in [-0.3, -0.25) is 9.59 Å². The SMILES string of the molecule is N[C@@H]1CCCC[C@H]1Nc1c(Nc2cc(C(F)(F)F)cc(C(F)(F)F)c2)c(=O)c1=O. The Morgan fingerprint density at radius 2 is 1.34 bits per heavy atom. The van der Waals surface area contributed by atoms with Crippen LogP contribution in [0.25, 0.3) is 0 Å². The molecule has 2 aromatic carbocycles. The van der Waals surface area contributed by atoms with Crippen LogP contribution in [0.3, 0.4) is 0 Å². The molecule has 0 radical (unpaired) electrons. The van der Waals surface area contributed by atoms with E-state index in [9.17, 15) is 35.9 Å². The number of halogens is 6. The third-order valence-electron chi connectivity index (χ3n) is 4.92. The Bertz CT molecular complexity index is 943. The summed E-state index contributed by atoms with van der Waals surface area (Å²) < 4.78 is 77.9. The fraction of sp³-hybridized carbons (Fsp3) is 0.444. The van der Waals surface area contributed by atoms with Crippen molar-refractivity contribution in [2.45, 2.75) is 50.1 Å². The van der Waals surface area contributed by atoms with Crippen LogP contribution in [0.15, 0.2) is 27.8 Å². The predicted molar refractivity (Wildman–Crippen MR) is 94.9 cm³/mol. The molecule has 4 N–H and O–H groups in total. The number of nitrogens with two attached hydrogens (primary N) is 1. The molecule has 29 heavy (non-hydrogen) atoms. The smallest absolute Gasteiger partial charge is 0.376 e. The van der Waals surface area contributed by atoms with E-state index in [2.05, 4.69) is 10.6 Å². The minimum atomic E-state index is -5.03. The average molecular weight is 421 g/mol. The van der Waals surface area contributed by atoms with Crippen LogP contribution >= 0.6 is 0 Å². The zero-order valence-corrected chi connectivity index (χ0v) is 14.9. The first-order valence-electron chi connectivity index (χ1n) is 8.80. The summed E-state index contributed by atoms with van der Waals surface area (Å²) in [5, 5.41) is 5.07. The number of nitrogens with one attached hydrogen (secondary N) is 2. The molecule has 5 nitrogen and oxygen atoms in total. The van der Waals surface area contributed by atoms with Gasteiger partial charge in [0.15, 0.2) is 0 Å². The van der Waals surface area contributed by atoms with Gasteiger partial charge in [0.2, 0.25) is 0 Å². The van der Waals surface area contributed by atoms with E-state index in [1.165, 1.54) is 0 Å². The molecule has 0 heterocycles. The summed E-state index contributed by atoms with van der Waals surface area (Å²) in [7, 11) is 0. The minimum Gasteiger partial charge on any atom is -0.376 e. The molecule has 0 unspecified atom stereocenters. The number of hydrogen-bond acceptors (Lipinski definition) is 5. The molecule has 0 aliphatic heterocycles. The van der Waals surface area contributed by atoms with Gasteiger partial charge in [0.05, 0.1) is 11.1 Å². The summed E-state index contributed by atoms with van der Waals surface area (Å²) in [5.74, 6) is 0. The Hall–Kier alpha value is -2.56. The summed E-state index contributed by atoms with van der Waals surface area (Å²) in [6.45, 7) is 0. The van der Waals surface area contributed by atoms with Crippen LogP contribution in [-0.2, 0) is 12.4 Å². The number of anilines is 3. The lowest BCUT2D eigenvalue weighted by Gasteiger charge is -2.31. The van der Waals surface area contributed by atoms with Crippen LogP contribution in [0.5, 0.6) is 0 Å². The summed E-state index contributed by atoms with van der Waals surface area (Å²) in [6.07, 6.45) is -6.99. The van der Waals surface area contributed by atoms with Crippen LogP contribution < -0.4 is 27.2 Å². The Labute approximate surface area is 160 Å². The molecule has 0 bridgehead atoms. The molecule has 0 aromatic heterocycles. The van der Waals surface area contributed by atoms with E-state index in [0.29, 0.717) is 25.0 Å². The maximum absolute atomic E-state index is 13.0. The molecule has 0 amide bonds. The second kappa shape index (κ2) is 7.36. The van der Waals surface area contributed by atoms with Gasteiger partial charge in [0, 0.05) is 17.8 Å². The quantitative estimate of drug-likeness (QED) is 0.518. The van der Waals surface area contributed by atoms with Crippen molar-refractivity contribution in [1.29, 1.82) is 0 Å². The van der Waals surface area contributed by atoms with Crippen molar-refractivity contribution >= 4 is 17.1 Å². The highest BCUT2D eigenvalue weighted by Gasteiger charge is 2.37. The van der Waals surface area contributed by atoms with Crippen LogP contribution in [0.2, 0.25) is 0 Å². The van der Waals surface area contributed by atoms with Gasteiger partial charge >= 0.3 is 12.4 Å². The topological polar surface area (TPSA) is 84.2 Å². The lowest BCUT2D eigenvalue weighted by atomic mass is 9.90. The van der Waals surface area contributed by atoms with E-state index in [0.717, 1.165) is 12.8 Å². The minimum absolute atomic E-state index is 0.0203. The Morgan fingerprint density at radius 3 is 1.86 bits per heavy atom. The number of alkyl halides is 6. The van der Waals surface area contributed by atoms with Crippen LogP contribution in [0.1, 0.15) is 36.8 Å². The third-order valence-corrected chi connectivity index (χ3v) is 4.92. The Kier molecular flexibility index (Phi) is 5.37. The van der Waals surface area contributed by atoms with Gasteiger partial charge in [-0.1, -0.05) is 12.8 Å². The lowest BCUT2D eigenvalue weighted by molar-refractivity contribution is -0.143. The van der Waals surface area contributed by atoms with Crippen molar-refractivity contribution in [2.75, 3.05) is 10.6 Å². The van der Waals surface area contributed by atoms with Crippen molar-refractivity contribution in [3.05, 3.63) is 49.8 Å². The summed E-state index contributed by atoms with van der Waals surface area (Å²) in [4.78, 5) is 23.8. The molecule has 1 aliphatic rings. The van der Waals surface area contributed by atoms with E-state index in [4.69, 9.17) is 5.73 Å². The van der Waals surface area contributed by atoms with Crippen molar-refractivity contribution in [3.8, 4) is 0 Å². The highest BCUT2D eigenvalue weighted by atomic mass is 19.4. The fourth-order valence-electron chi connectivity index (χ4n) is 3.34. The molecule has 3 rings (SSSR count). The van der Waals surface area contributed by atoms with Crippen LogP contribution in [0.4, 0.5) is 43.4 Å². The van der Waals surface area contributed by atoms with Crippen molar-refractivity contribution in [3.63, 3.8) is 0 Å². The largest absolute Gasteiger partial charge is 0.416 e. The Balaban J connectivity index is 1.93. The fourth-order valence-corrected chi connectivity index (χ4v) is 3.34. The Morgan fingerprint density at radius 1 is 0.828 bits per heavy atom. The molecule has 2 aromatic rings. The molecule has 0 saturated heterocycles. The molecule has 2 atom stereocenters. The highest BCUT2D eigenvalue weighted by Crippen LogP contribution is 2.38. The maximum Gasteiger partial charge on any atom is 0.416 e. The summed E-state index contributed by atoms with van der Waals surface area (Å²) in [5.41, 5.74) is -0.167. The predicted octanol–water partition coefficient (Wildman–Crippen LogP) is 3.75. The summed E-state index contributed by atoms with van der Waals surface area (Å²) in [6, 6.07) is 0.268. The molecule has 1 saturated carbocycles. The normalized spacial score (nSPS) is 20.7. The molecule has 1 fully saturated rings. The van der Waals surface area contributed by atoms with Crippen LogP contribution in [0, 0.1) is 0 Å². The van der Waals surface area contributed by atoms with E-state index >= 15 is 0 Å². The molecular weight excluding hydrogens is 404 g/mol. The molecular formula is C18H17F6N3O2. The first-order valence-corrected chi connectivity index (χ1v) is 8.80. The van der Waals surface area contributed by atoms with E-state index in [1.54, 1.807) is 0 Å². The van der Waals surface area contributed by atoms with Gasteiger partial charge in [-0.15, -0.1) is 0 Å². The van der Waals surface area contributed by atoms with Gasteiger partial charge in [-0.2, -0.15) is 26.3 Å². The van der Waals surface area contributed by atoms with Crippen molar-refractivity contribution in [1.82, 2.24) is 0 Å². The monoisotopic (exact) mass is 421 g/mol. The number of rotatable bonds is 4. The van der Waals surface area contributed by atoms with Crippen molar-refractivity contribution in [2.24, 2.45) is 5.73 Å². The lowest BCUT2D eigenvalue weighted by Crippen LogP contribution is -2.46. The van der Waals surface area contributed by atoms with E-state index in [-0.39, 0.29) is 29.5 Å². The molecule has 158 valence electrons. The highest BCUT2D eigenvalue weighted by molar-refractivity contribution is 5.79. The van der Waals surface area contributed by atoms with Crippen molar-refractivity contribution < 1.29 is 26.3 Å². The maximum atomic E-state index is 13.0. The van der Waals surface area contributed by atoms with Gasteiger partial charge in [0.25, 0.3) is 10.9 Å². The van der Waals surface area contributed by atoms with Gasteiger partial charge in [-0.05, 0) is 31.0 Å². The van der Waals surface area contributed by atoms with Crippen LogP contribution in [-0.4, -0.2) is 12.1 Å². The first kappa shape index (κ1) is 21.2. The number of hydrogen-bond donors (Lipinski definition) is 3.